The van der Waals surface area contributed by atoms with Crippen LogP contribution in [0.25, 0.3) is 0 Å². The van der Waals surface area contributed by atoms with Crippen LogP contribution in [0.5, 0.6) is 0 Å². The third-order valence-electron chi connectivity index (χ3n) is 2.41. The SMILES string of the molecule is CC(C)(C)C.CC(C)(C)C.CC(C)(C)C.CC(C)C.CC(C)C.CC(C)C.CC(C)C.CC(C)C.CC(C)C.CC(C)C.c1ccncc1.c1ccnnc1.c1cnccn1.c1cncnc1.c1cnncn1. The van der Waals surface area contributed by atoms with E-state index in [4.69, 9.17) is 0 Å². The van der Waals surface area contributed by atoms with E-state index in [-0.39, 0.29) is 0 Å². The maximum Gasteiger partial charge on any atom is 0.138 e. The van der Waals surface area contributed by atoms with Gasteiger partial charge in [-0.3, -0.25) is 15.0 Å². The minimum Gasteiger partial charge on any atom is -0.265 e. The Morgan fingerprint density at radius 3 is 0.438 bits per heavy atom. The molecule has 0 unspecified atom stereocenters. The van der Waals surface area contributed by atoms with Crippen molar-refractivity contribution in [2.45, 2.75) is 228 Å². The van der Waals surface area contributed by atoms with Gasteiger partial charge in [-0.25, -0.2) is 15.0 Å². The lowest BCUT2D eigenvalue weighted by molar-refractivity contribution is 0.469. The number of pyridine rings is 1. The Kier molecular flexibility index (Phi) is 89.4. The van der Waals surface area contributed by atoms with Gasteiger partial charge in [0.05, 0.1) is 6.20 Å². The van der Waals surface area contributed by atoms with Gasteiger partial charge in [0.1, 0.15) is 12.7 Å². The van der Waals surface area contributed by atoms with Crippen LogP contribution in [-0.2, 0) is 0 Å². The Hall–Kier alpha value is -4.60. The lowest BCUT2D eigenvalue weighted by Gasteiger charge is -2.05. The quantitative estimate of drug-likeness (QED) is 0.148. The van der Waals surface area contributed by atoms with Crippen molar-refractivity contribution >= 4 is 0 Å². The molecule has 0 spiro atoms. The lowest BCUT2D eigenvalue weighted by Crippen LogP contribution is -1.93. The van der Waals surface area contributed by atoms with E-state index in [1.807, 2.05) is 30.3 Å². The molecule has 0 amide bonds. The van der Waals surface area contributed by atoms with E-state index in [2.05, 4.69) is 279 Å². The minimum absolute atomic E-state index is 0.500. The molecule has 10 nitrogen and oxygen atoms in total. The normalized spacial score (nSPS) is 9.21. The van der Waals surface area contributed by atoms with E-state index >= 15 is 0 Å². The summed E-state index contributed by atoms with van der Waals surface area (Å²) >= 11 is 0. The van der Waals surface area contributed by atoms with Crippen molar-refractivity contribution in [1.82, 2.24) is 50.3 Å². The van der Waals surface area contributed by atoms with E-state index in [1.54, 1.807) is 74.2 Å². The Morgan fingerprint density at radius 2 is 0.370 bits per heavy atom. The number of rotatable bonds is 0. The minimum atomic E-state index is 0.500. The van der Waals surface area contributed by atoms with Gasteiger partial charge < -0.3 is 0 Å². The van der Waals surface area contributed by atoms with Gasteiger partial charge in [-0.05, 0) is 88.0 Å². The Labute approximate surface area is 458 Å². The van der Waals surface area contributed by atoms with Crippen LogP contribution in [0.1, 0.15) is 228 Å². The molecule has 5 heterocycles. The molecule has 0 aliphatic carbocycles. The van der Waals surface area contributed by atoms with Gasteiger partial charge in [-0.15, -0.1) is 5.10 Å². The number of hydrogen-bond acceptors (Lipinski definition) is 10. The highest BCUT2D eigenvalue weighted by Crippen LogP contribution is 2.09. The lowest BCUT2D eigenvalue weighted by atomic mass is 10.0. The van der Waals surface area contributed by atoms with E-state index in [0.717, 1.165) is 41.4 Å². The highest BCUT2D eigenvalue weighted by atomic mass is 15.1. The van der Waals surface area contributed by atoms with Gasteiger partial charge in [0, 0.05) is 68.2 Å². The first kappa shape index (κ1) is 91.1. The van der Waals surface area contributed by atoms with Crippen LogP contribution in [0.4, 0.5) is 0 Å². The molecule has 5 aromatic rings. The van der Waals surface area contributed by atoms with Gasteiger partial charge in [-0.2, -0.15) is 15.3 Å². The molecule has 0 saturated carbocycles. The molecule has 0 N–H and O–H groups in total. The first-order chi connectivity index (χ1) is 33.1. The fourth-order valence-corrected chi connectivity index (χ4v) is 1.28. The van der Waals surface area contributed by atoms with Crippen LogP contribution >= 0.6 is 0 Å². The molecule has 0 aliphatic rings. The van der Waals surface area contributed by atoms with Crippen molar-refractivity contribution in [1.29, 1.82) is 0 Å². The van der Waals surface area contributed by atoms with Crippen molar-refractivity contribution in [3.8, 4) is 0 Å². The Morgan fingerprint density at radius 1 is 0.192 bits per heavy atom. The monoisotopic (exact) mass is 1020 g/mol. The van der Waals surface area contributed by atoms with Gasteiger partial charge in [0.2, 0.25) is 0 Å². The Bertz CT molecular complexity index is 1050. The van der Waals surface area contributed by atoms with Gasteiger partial charge in [0.15, 0.2) is 0 Å². The second-order valence-electron chi connectivity index (χ2n) is 25.7. The number of hydrogen-bond donors (Lipinski definition) is 0. The summed E-state index contributed by atoms with van der Waals surface area (Å²) in [6.45, 7) is 71.7. The smallest absolute Gasteiger partial charge is 0.138 e. The average Bonchev–Trinajstić information content (AvgIpc) is 3.22. The van der Waals surface area contributed by atoms with E-state index in [1.165, 1.54) is 18.9 Å². The third-order valence-corrected chi connectivity index (χ3v) is 2.41. The second kappa shape index (κ2) is 71.7. The predicted molar refractivity (Wildman–Crippen MR) is 329 cm³/mol. The fraction of sp³-hybridized carbons (Fsp3) is 0.683. The molecule has 428 valence electrons. The van der Waals surface area contributed by atoms with E-state index in [0.29, 0.717) is 16.2 Å². The zero-order valence-electron chi connectivity index (χ0n) is 54.6. The fourth-order valence-electron chi connectivity index (χ4n) is 1.28. The van der Waals surface area contributed by atoms with Crippen LogP contribution in [0.3, 0.4) is 0 Å². The number of aromatic nitrogens is 10. The molecule has 73 heavy (non-hydrogen) atoms. The molecule has 0 aromatic carbocycles. The molecule has 5 rings (SSSR count). The second-order valence-corrected chi connectivity index (χ2v) is 25.7. The summed E-state index contributed by atoms with van der Waals surface area (Å²) in [5, 5.41) is 14.0. The predicted octanol–water partition coefficient (Wildman–Crippen LogP) is 20.2. The average molecular weight is 1020 g/mol. The standard InChI is InChI=1S/C5H5N.3C5H12.3C4H4N2.7C4H10.C3H3N3/c1-2-4-6-5-3-1;3*1-5(2,3)4;1-2-6-4-3-5-1;1-2-5-4-6-3-1;1-2-4-6-5-3-1;7*1-4(2)3;1-2-5-6-3-4-1/h1-5H;3*1-4H3;3*1-4H;7*4H,1-3H3;1-3H. The van der Waals surface area contributed by atoms with Crippen molar-refractivity contribution in [3.05, 3.63) is 123 Å². The summed E-state index contributed by atoms with van der Waals surface area (Å²) in [5.41, 5.74) is 1.50. The molecule has 10 heteroatoms. The summed E-state index contributed by atoms with van der Waals surface area (Å²) in [6, 6.07) is 11.1. The molecular formula is C63H126N10. The van der Waals surface area contributed by atoms with Gasteiger partial charge in [0.25, 0.3) is 0 Å². The molecule has 5 aromatic heterocycles. The van der Waals surface area contributed by atoms with Crippen molar-refractivity contribution < 1.29 is 0 Å². The van der Waals surface area contributed by atoms with Crippen LogP contribution in [0.15, 0.2) is 123 Å². The third kappa shape index (κ3) is 447. The summed E-state index contributed by atoms with van der Waals surface area (Å²) < 4.78 is 0. The molecule has 0 bridgehead atoms. The number of nitrogens with zero attached hydrogens (tertiary/aromatic N) is 10. The summed E-state index contributed by atoms with van der Waals surface area (Å²) in [4.78, 5) is 22.2. The van der Waals surface area contributed by atoms with Crippen LogP contribution in [-0.4, -0.2) is 50.3 Å². The topological polar surface area (TPSA) is 129 Å². The highest BCUT2D eigenvalue weighted by molar-refractivity contribution is 4.88. The summed E-state index contributed by atoms with van der Waals surface area (Å²) in [6.07, 6.45) is 22.7. The molecule has 0 radical (unpaired) electrons. The van der Waals surface area contributed by atoms with Crippen LogP contribution in [0.2, 0.25) is 0 Å². The zero-order valence-corrected chi connectivity index (χ0v) is 54.6. The Balaban J connectivity index is -0.0000000731. The zero-order chi connectivity index (χ0) is 59.8. The van der Waals surface area contributed by atoms with Crippen molar-refractivity contribution in [3.63, 3.8) is 0 Å². The molecule has 0 saturated heterocycles. The largest absolute Gasteiger partial charge is 0.265 e. The molecule has 0 atom stereocenters. The van der Waals surface area contributed by atoms with E-state index in [9.17, 15) is 0 Å². The van der Waals surface area contributed by atoms with Crippen molar-refractivity contribution in [2.75, 3.05) is 0 Å². The molecule has 0 aliphatic heterocycles. The van der Waals surface area contributed by atoms with Crippen molar-refractivity contribution in [2.24, 2.45) is 57.7 Å². The van der Waals surface area contributed by atoms with Gasteiger partial charge >= 0.3 is 0 Å². The maximum absolute atomic E-state index is 3.78. The summed E-state index contributed by atoms with van der Waals surface area (Å²) in [7, 11) is 0. The van der Waals surface area contributed by atoms with Crippen LogP contribution in [0, 0.1) is 57.7 Å². The van der Waals surface area contributed by atoms with Gasteiger partial charge in [-0.1, -0.05) is 235 Å². The highest BCUT2D eigenvalue weighted by Gasteiger charge is 1.96. The first-order valence-electron chi connectivity index (χ1n) is 26.7. The summed E-state index contributed by atoms with van der Waals surface area (Å²) in [5.74, 6) is 5.83. The van der Waals surface area contributed by atoms with Crippen LogP contribution < -0.4 is 0 Å². The maximum atomic E-state index is 3.78. The molecule has 0 fully saturated rings. The first-order valence-corrected chi connectivity index (χ1v) is 26.7. The molecular weight excluding hydrogens is 897 g/mol. The van der Waals surface area contributed by atoms with E-state index < -0.39 is 0 Å².